The van der Waals surface area contributed by atoms with Crippen LogP contribution in [-0.4, -0.2) is 35.6 Å². The molecule has 0 radical (unpaired) electrons. The fourth-order valence-electron chi connectivity index (χ4n) is 3.83. The normalized spacial score (nSPS) is 14.3. The van der Waals surface area contributed by atoms with E-state index < -0.39 is 16.6 Å². The second-order valence-electron chi connectivity index (χ2n) is 10.9. The van der Waals surface area contributed by atoms with Gasteiger partial charge in [0.05, 0.1) is 12.7 Å². The van der Waals surface area contributed by atoms with Gasteiger partial charge in [0.15, 0.2) is 8.32 Å². The lowest BCUT2D eigenvalue weighted by molar-refractivity contribution is -0.109. The van der Waals surface area contributed by atoms with Crippen molar-refractivity contribution in [3.05, 3.63) is 60.7 Å². The zero-order chi connectivity index (χ0) is 23.3. The maximum Gasteiger partial charge on any atom is 0.261 e. The molecule has 170 valence electrons. The summed E-state index contributed by atoms with van der Waals surface area (Å²) in [6.45, 7) is 18.3. The minimum absolute atomic E-state index is 0.0749. The predicted octanol–water partition coefficient (Wildman–Crippen LogP) is 5.54. The van der Waals surface area contributed by atoms with Crippen LogP contribution in [0.4, 0.5) is 0 Å². The van der Waals surface area contributed by atoms with Gasteiger partial charge in [0.1, 0.15) is 6.29 Å². The van der Waals surface area contributed by atoms with Crippen molar-refractivity contribution >= 4 is 33.3 Å². The van der Waals surface area contributed by atoms with Gasteiger partial charge in [-0.1, -0.05) is 102 Å². The van der Waals surface area contributed by atoms with E-state index in [9.17, 15) is 4.79 Å². The zero-order valence-corrected chi connectivity index (χ0v) is 22.6. The van der Waals surface area contributed by atoms with Crippen molar-refractivity contribution in [2.75, 3.05) is 6.61 Å². The summed E-state index contributed by atoms with van der Waals surface area (Å²) in [5.74, 6) is 0. The Morgan fingerprint density at radius 3 is 1.61 bits per heavy atom. The zero-order valence-electron chi connectivity index (χ0n) is 20.6. The van der Waals surface area contributed by atoms with Gasteiger partial charge >= 0.3 is 0 Å². The van der Waals surface area contributed by atoms with Crippen LogP contribution in [-0.2, 0) is 13.6 Å². The predicted molar refractivity (Wildman–Crippen MR) is 136 cm³/mol. The van der Waals surface area contributed by atoms with E-state index in [4.69, 9.17) is 8.85 Å². The van der Waals surface area contributed by atoms with E-state index in [-0.39, 0.29) is 16.2 Å². The Balaban J connectivity index is 2.49. The molecule has 2 rings (SSSR count). The second kappa shape index (κ2) is 9.94. The lowest BCUT2D eigenvalue weighted by Crippen LogP contribution is -2.67. The first-order valence-corrected chi connectivity index (χ1v) is 16.0. The van der Waals surface area contributed by atoms with E-state index in [0.29, 0.717) is 13.0 Å². The summed E-state index contributed by atoms with van der Waals surface area (Å²) in [6, 6.07) is 21.2. The molecule has 5 heteroatoms. The number of rotatable bonds is 9. The maximum absolute atomic E-state index is 11.5. The molecule has 0 aliphatic carbocycles. The molecule has 0 aliphatic rings. The van der Waals surface area contributed by atoms with Gasteiger partial charge in [0, 0.05) is 6.42 Å². The van der Waals surface area contributed by atoms with Gasteiger partial charge in [-0.2, -0.15) is 0 Å². The van der Waals surface area contributed by atoms with E-state index in [2.05, 4.69) is 103 Å². The largest absolute Gasteiger partial charge is 0.411 e. The molecule has 0 spiro atoms. The van der Waals surface area contributed by atoms with Crippen LogP contribution in [0, 0.1) is 0 Å². The Hall–Kier alpha value is -1.54. The third-order valence-electron chi connectivity index (χ3n) is 6.53. The highest BCUT2D eigenvalue weighted by molar-refractivity contribution is 6.99. The van der Waals surface area contributed by atoms with Crippen LogP contribution in [0.25, 0.3) is 0 Å². The average Bonchev–Trinajstić information content (AvgIpc) is 2.68. The van der Waals surface area contributed by atoms with Crippen molar-refractivity contribution in [3.63, 3.8) is 0 Å². The van der Waals surface area contributed by atoms with E-state index in [0.717, 1.165) is 6.29 Å². The molecule has 3 nitrogen and oxygen atoms in total. The lowest BCUT2D eigenvalue weighted by atomic mass is 10.2. The molecular weight excluding hydrogens is 416 g/mol. The van der Waals surface area contributed by atoms with Crippen LogP contribution in [0.1, 0.15) is 48.0 Å². The molecule has 0 aromatic heterocycles. The van der Waals surface area contributed by atoms with Crippen LogP contribution >= 0.6 is 0 Å². The Morgan fingerprint density at radius 2 is 1.26 bits per heavy atom. The third kappa shape index (κ3) is 5.83. The summed E-state index contributed by atoms with van der Waals surface area (Å²) in [5.41, 5.74) is 0. The van der Waals surface area contributed by atoms with Crippen molar-refractivity contribution in [1.82, 2.24) is 0 Å². The molecule has 31 heavy (non-hydrogen) atoms. The van der Waals surface area contributed by atoms with Crippen molar-refractivity contribution in [2.45, 2.75) is 77.2 Å². The molecule has 0 heterocycles. The summed E-state index contributed by atoms with van der Waals surface area (Å²) in [5, 5.41) is 2.46. The lowest BCUT2D eigenvalue weighted by Gasteiger charge is -2.45. The molecule has 0 N–H and O–H groups in total. The number of hydrogen-bond acceptors (Lipinski definition) is 3. The van der Waals surface area contributed by atoms with Crippen LogP contribution < -0.4 is 10.4 Å². The second-order valence-corrected chi connectivity index (χ2v) is 19.9. The Kier molecular flexibility index (Phi) is 8.25. The SMILES string of the molecule is CC(C)(C)[Si](C)(C)O[C@@H](CC=O)CO[Si](c1ccccc1)(c1ccccc1)C(C)(C)C. The molecule has 0 saturated heterocycles. The maximum atomic E-state index is 11.5. The number of benzene rings is 2. The van der Waals surface area contributed by atoms with Gasteiger partial charge in [-0.25, -0.2) is 0 Å². The molecule has 0 unspecified atom stereocenters. The smallest absolute Gasteiger partial charge is 0.261 e. The van der Waals surface area contributed by atoms with Crippen LogP contribution in [0.2, 0.25) is 23.2 Å². The summed E-state index contributed by atoms with van der Waals surface area (Å²) in [6.07, 6.45) is 1.08. The van der Waals surface area contributed by atoms with Crippen LogP contribution in [0.15, 0.2) is 60.7 Å². The topological polar surface area (TPSA) is 35.5 Å². The van der Waals surface area contributed by atoms with Gasteiger partial charge in [0.25, 0.3) is 8.32 Å². The molecule has 2 aromatic carbocycles. The monoisotopic (exact) mass is 456 g/mol. The van der Waals surface area contributed by atoms with Crippen molar-refractivity contribution in [2.24, 2.45) is 0 Å². The molecule has 0 bridgehead atoms. The Morgan fingerprint density at radius 1 is 0.806 bits per heavy atom. The summed E-state index contributed by atoms with van der Waals surface area (Å²) >= 11 is 0. The van der Waals surface area contributed by atoms with Gasteiger partial charge in [0.2, 0.25) is 0 Å². The third-order valence-corrected chi connectivity index (χ3v) is 16.1. The molecule has 0 aliphatic heterocycles. The molecule has 0 saturated carbocycles. The number of hydrogen-bond donors (Lipinski definition) is 0. The molecule has 0 amide bonds. The van der Waals surface area contributed by atoms with Crippen molar-refractivity contribution in [1.29, 1.82) is 0 Å². The molecule has 0 fully saturated rings. The summed E-state index contributed by atoms with van der Waals surface area (Å²) in [4.78, 5) is 11.5. The molecule has 2 aromatic rings. The van der Waals surface area contributed by atoms with E-state index in [1.807, 2.05) is 12.1 Å². The van der Waals surface area contributed by atoms with Crippen molar-refractivity contribution in [3.8, 4) is 0 Å². The van der Waals surface area contributed by atoms with Gasteiger partial charge in [-0.15, -0.1) is 0 Å². The van der Waals surface area contributed by atoms with Crippen molar-refractivity contribution < 1.29 is 13.6 Å². The van der Waals surface area contributed by atoms with E-state index in [1.54, 1.807) is 0 Å². The standard InChI is InChI=1S/C26H40O3Si2/c1-25(2,3)30(7,8)29-22(19-20-27)21-28-31(26(4,5)6,23-15-11-9-12-16-23)24-17-13-10-14-18-24/h9-18,20,22H,19,21H2,1-8H3/t22-/m0/s1. The molecule has 1 atom stereocenters. The number of carbonyl (C=O) groups is 1. The number of carbonyl (C=O) groups excluding carboxylic acids is 1. The van der Waals surface area contributed by atoms with E-state index >= 15 is 0 Å². The first kappa shape index (κ1) is 25.7. The first-order chi connectivity index (χ1) is 14.3. The Labute approximate surface area is 191 Å². The highest BCUT2D eigenvalue weighted by Crippen LogP contribution is 2.39. The highest BCUT2D eigenvalue weighted by atomic mass is 28.4. The first-order valence-electron chi connectivity index (χ1n) is 11.2. The fourth-order valence-corrected chi connectivity index (χ4v) is 9.77. The quantitative estimate of drug-likeness (QED) is 0.367. The van der Waals surface area contributed by atoms with Crippen LogP contribution in [0.3, 0.4) is 0 Å². The highest BCUT2D eigenvalue weighted by Gasteiger charge is 2.50. The average molecular weight is 457 g/mol. The number of aldehydes is 1. The minimum Gasteiger partial charge on any atom is -0.411 e. The van der Waals surface area contributed by atoms with Gasteiger partial charge < -0.3 is 13.6 Å². The Bertz CT molecular complexity index is 782. The van der Waals surface area contributed by atoms with Gasteiger partial charge in [-0.3, -0.25) is 0 Å². The van der Waals surface area contributed by atoms with E-state index in [1.165, 1.54) is 10.4 Å². The summed E-state index contributed by atoms with van der Waals surface area (Å²) < 4.78 is 13.6. The minimum atomic E-state index is -2.64. The fraction of sp³-hybridized carbons (Fsp3) is 0.500. The van der Waals surface area contributed by atoms with Crippen LogP contribution in [0.5, 0.6) is 0 Å². The van der Waals surface area contributed by atoms with Gasteiger partial charge in [-0.05, 0) is 33.5 Å². The summed E-state index contributed by atoms with van der Waals surface area (Å²) in [7, 11) is -4.67. The molecular formula is C26H40O3Si2.